The number of benzene rings is 1. The molecule has 0 radical (unpaired) electrons. The number of carbonyl (C=O) groups is 2. The Hall–Kier alpha value is -1.88. The van der Waals surface area contributed by atoms with Gasteiger partial charge in [-0.1, -0.05) is 30.3 Å². The van der Waals surface area contributed by atoms with Gasteiger partial charge in [0.05, 0.1) is 0 Å². The first-order valence-electron chi connectivity index (χ1n) is 6.49. The van der Waals surface area contributed by atoms with Gasteiger partial charge in [-0.05, 0) is 18.4 Å². The number of carbonyl (C=O) groups excluding carboxylic acids is 2. The standard InChI is InChI=1S/C14H16N2O3/c17-12-14(15-13(18)19-12)6-8-16(9-7-14)10-11-4-2-1-3-5-11/h1-5H,6-10H2,(H,15,18). The van der Waals surface area contributed by atoms with E-state index in [0.717, 1.165) is 19.6 Å². The van der Waals surface area contributed by atoms with Crippen LogP contribution < -0.4 is 5.32 Å². The summed E-state index contributed by atoms with van der Waals surface area (Å²) in [5, 5.41) is 2.67. The number of likely N-dealkylation sites (tertiary alicyclic amines) is 1. The fourth-order valence-electron chi connectivity index (χ4n) is 2.72. The van der Waals surface area contributed by atoms with Crippen LogP contribution in [0.5, 0.6) is 0 Å². The Morgan fingerprint density at radius 3 is 2.42 bits per heavy atom. The van der Waals surface area contributed by atoms with Crippen molar-refractivity contribution in [2.24, 2.45) is 0 Å². The van der Waals surface area contributed by atoms with Crippen molar-refractivity contribution in [3.63, 3.8) is 0 Å². The minimum atomic E-state index is -0.774. The van der Waals surface area contributed by atoms with Gasteiger partial charge in [0.15, 0.2) is 0 Å². The Labute approximate surface area is 111 Å². The van der Waals surface area contributed by atoms with Gasteiger partial charge < -0.3 is 10.1 Å². The maximum atomic E-state index is 11.7. The van der Waals surface area contributed by atoms with Crippen LogP contribution in [0, 0.1) is 0 Å². The molecule has 1 amide bonds. The molecule has 2 fully saturated rings. The molecule has 1 aromatic rings. The van der Waals surface area contributed by atoms with E-state index in [4.69, 9.17) is 0 Å². The highest BCUT2D eigenvalue weighted by atomic mass is 16.6. The number of hydrogen-bond acceptors (Lipinski definition) is 4. The van der Waals surface area contributed by atoms with Crippen LogP contribution >= 0.6 is 0 Å². The van der Waals surface area contributed by atoms with Gasteiger partial charge in [-0.2, -0.15) is 0 Å². The van der Waals surface area contributed by atoms with Crippen LogP contribution in [-0.4, -0.2) is 35.6 Å². The van der Waals surface area contributed by atoms with E-state index < -0.39 is 17.6 Å². The highest BCUT2D eigenvalue weighted by Gasteiger charge is 2.50. The van der Waals surface area contributed by atoms with E-state index in [1.54, 1.807) is 0 Å². The predicted molar refractivity (Wildman–Crippen MR) is 68.3 cm³/mol. The lowest BCUT2D eigenvalue weighted by Crippen LogP contribution is -2.54. The molecule has 0 bridgehead atoms. The lowest BCUT2D eigenvalue weighted by Gasteiger charge is -2.36. The maximum absolute atomic E-state index is 11.7. The Kier molecular flexibility index (Phi) is 2.98. The van der Waals surface area contributed by atoms with Crippen LogP contribution in [0.1, 0.15) is 18.4 Å². The van der Waals surface area contributed by atoms with Crippen LogP contribution in [0.15, 0.2) is 30.3 Å². The first-order valence-corrected chi connectivity index (χ1v) is 6.49. The van der Waals surface area contributed by atoms with E-state index in [2.05, 4.69) is 27.1 Å². The molecule has 3 rings (SSSR count). The van der Waals surface area contributed by atoms with Crippen LogP contribution in [-0.2, 0) is 16.1 Å². The number of ether oxygens (including phenoxy) is 1. The lowest BCUT2D eigenvalue weighted by atomic mass is 9.88. The quantitative estimate of drug-likeness (QED) is 0.643. The number of hydrogen-bond donors (Lipinski definition) is 1. The van der Waals surface area contributed by atoms with Gasteiger partial charge in [-0.15, -0.1) is 0 Å². The van der Waals surface area contributed by atoms with Crippen molar-refractivity contribution >= 4 is 12.1 Å². The number of alkyl carbamates (subject to hydrolysis) is 1. The molecule has 2 heterocycles. The normalized spacial score (nSPS) is 22.3. The van der Waals surface area contributed by atoms with Crippen molar-refractivity contribution < 1.29 is 14.3 Å². The van der Waals surface area contributed by atoms with Crippen LogP contribution in [0.25, 0.3) is 0 Å². The van der Waals surface area contributed by atoms with Crippen molar-refractivity contribution in [2.45, 2.75) is 24.9 Å². The average Bonchev–Trinajstić information content (AvgIpc) is 2.68. The first kappa shape index (κ1) is 12.2. The summed E-state index contributed by atoms with van der Waals surface area (Å²) in [5.74, 6) is -0.420. The number of piperidine rings is 1. The fraction of sp³-hybridized carbons (Fsp3) is 0.429. The minimum absolute atomic E-state index is 0.420. The number of rotatable bonds is 2. The third kappa shape index (κ3) is 2.33. The number of nitrogens with one attached hydrogen (secondary N) is 1. The number of esters is 1. The lowest BCUT2D eigenvalue weighted by molar-refractivity contribution is -0.140. The van der Waals surface area contributed by atoms with Gasteiger partial charge in [0.2, 0.25) is 0 Å². The molecule has 0 unspecified atom stereocenters. The van der Waals surface area contributed by atoms with E-state index in [1.807, 2.05) is 18.2 Å². The van der Waals surface area contributed by atoms with E-state index in [0.29, 0.717) is 12.8 Å². The van der Waals surface area contributed by atoms with E-state index >= 15 is 0 Å². The molecule has 2 aliphatic heterocycles. The first-order chi connectivity index (χ1) is 9.18. The highest BCUT2D eigenvalue weighted by Crippen LogP contribution is 2.28. The maximum Gasteiger partial charge on any atom is 0.415 e. The van der Waals surface area contributed by atoms with Gasteiger partial charge in [-0.25, -0.2) is 9.59 Å². The molecule has 5 heteroatoms. The number of cyclic esters (lactones) is 2. The van der Waals surface area contributed by atoms with Gasteiger partial charge >= 0.3 is 12.1 Å². The molecular weight excluding hydrogens is 244 g/mol. The number of amides is 1. The summed E-state index contributed by atoms with van der Waals surface area (Å²) in [7, 11) is 0. The molecule has 0 atom stereocenters. The second-order valence-corrected chi connectivity index (χ2v) is 5.15. The molecule has 5 nitrogen and oxygen atoms in total. The SMILES string of the molecule is O=C1NC2(CCN(Cc3ccccc3)CC2)C(=O)O1. The molecule has 1 spiro atoms. The Balaban J connectivity index is 1.61. The zero-order valence-corrected chi connectivity index (χ0v) is 10.6. The molecule has 1 aromatic carbocycles. The molecule has 2 aliphatic rings. The van der Waals surface area contributed by atoms with E-state index in [-0.39, 0.29) is 0 Å². The molecule has 1 N–H and O–H groups in total. The molecule has 0 aliphatic carbocycles. The topological polar surface area (TPSA) is 58.6 Å². The van der Waals surface area contributed by atoms with Crippen LogP contribution in [0.2, 0.25) is 0 Å². The van der Waals surface area contributed by atoms with Crippen molar-refractivity contribution in [1.82, 2.24) is 10.2 Å². The van der Waals surface area contributed by atoms with Crippen LogP contribution in [0.3, 0.4) is 0 Å². The number of nitrogens with zero attached hydrogens (tertiary/aromatic N) is 1. The minimum Gasteiger partial charge on any atom is -0.374 e. The summed E-state index contributed by atoms with van der Waals surface area (Å²) < 4.78 is 4.60. The van der Waals surface area contributed by atoms with Crippen molar-refractivity contribution in [3.8, 4) is 0 Å². The molecule has 100 valence electrons. The van der Waals surface area contributed by atoms with E-state index in [1.165, 1.54) is 5.56 Å². The van der Waals surface area contributed by atoms with Crippen molar-refractivity contribution in [1.29, 1.82) is 0 Å². The smallest absolute Gasteiger partial charge is 0.374 e. The predicted octanol–water partition coefficient (Wildman–Crippen LogP) is 1.29. The molecular formula is C14H16N2O3. The summed E-state index contributed by atoms with van der Waals surface area (Å²) >= 11 is 0. The summed E-state index contributed by atoms with van der Waals surface area (Å²) in [6.07, 6.45) is 0.621. The fourth-order valence-corrected chi connectivity index (χ4v) is 2.72. The summed E-state index contributed by atoms with van der Waals surface area (Å²) in [4.78, 5) is 25.1. The van der Waals surface area contributed by atoms with Gasteiger partial charge in [-0.3, -0.25) is 4.90 Å². The monoisotopic (exact) mass is 260 g/mol. The summed E-state index contributed by atoms with van der Waals surface area (Å²) in [6.45, 7) is 2.44. The van der Waals surface area contributed by atoms with E-state index in [9.17, 15) is 9.59 Å². The van der Waals surface area contributed by atoms with Gasteiger partial charge in [0.1, 0.15) is 5.54 Å². The zero-order valence-electron chi connectivity index (χ0n) is 10.6. The largest absolute Gasteiger partial charge is 0.415 e. The second kappa shape index (κ2) is 4.66. The zero-order chi connectivity index (χ0) is 13.3. The summed E-state index contributed by atoms with van der Waals surface area (Å²) in [6, 6.07) is 10.2. The Morgan fingerprint density at radius 2 is 1.84 bits per heavy atom. The highest BCUT2D eigenvalue weighted by molar-refractivity contribution is 5.98. The Bertz CT molecular complexity index is 493. The third-order valence-corrected chi connectivity index (χ3v) is 3.88. The van der Waals surface area contributed by atoms with Gasteiger partial charge in [0, 0.05) is 19.6 Å². The average molecular weight is 260 g/mol. The second-order valence-electron chi connectivity index (χ2n) is 5.15. The summed E-state index contributed by atoms with van der Waals surface area (Å²) in [5.41, 5.74) is 0.487. The molecule has 2 saturated heterocycles. The third-order valence-electron chi connectivity index (χ3n) is 3.88. The van der Waals surface area contributed by atoms with Gasteiger partial charge in [0.25, 0.3) is 0 Å². The van der Waals surface area contributed by atoms with Crippen LogP contribution in [0.4, 0.5) is 4.79 Å². The Morgan fingerprint density at radius 1 is 1.16 bits per heavy atom. The van der Waals surface area contributed by atoms with Crippen molar-refractivity contribution in [2.75, 3.05) is 13.1 Å². The van der Waals surface area contributed by atoms with Crippen molar-refractivity contribution in [3.05, 3.63) is 35.9 Å². The molecule has 0 saturated carbocycles. The molecule has 19 heavy (non-hydrogen) atoms. The molecule has 0 aromatic heterocycles.